The molecule has 0 spiro atoms. The van der Waals surface area contributed by atoms with Crippen molar-refractivity contribution >= 4 is 21.3 Å². The lowest BCUT2D eigenvalue weighted by Crippen LogP contribution is -2.11. The average Bonchev–Trinajstić information content (AvgIpc) is 2.98. The third-order valence-corrected chi connectivity index (χ3v) is 4.32. The zero-order valence-electron chi connectivity index (χ0n) is 12.5. The van der Waals surface area contributed by atoms with Gasteiger partial charge >= 0.3 is 10.1 Å². The third kappa shape index (κ3) is 3.09. The van der Waals surface area contributed by atoms with Crippen LogP contribution in [-0.2, 0) is 10.1 Å². The van der Waals surface area contributed by atoms with Crippen LogP contribution in [0.15, 0.2) is 30.7 Å². The Morgan fingerprint density at radius 1 is 1.30 bits per heavy atom. The summed E-state index contributed by atoms with van der Waals surface area (Å²) in [6.07, 6.45) is 3.04. The van der Waals surface area contributed by atoms with Gasteiger partial charge in [-0.25, -0.2) is 15.0 Å². The Morgan fingerprint density at radius 2 is 2.13 bits per heavy atom. The first kappa shape index (κ1) is 15.2. The molecular formula is C14H14N4O4S. The third-order valence-electron chi connectivity index (χ3n) is 3.17. The van der Waals surface area contributed by atoms with Crippen molar-refractivity contribution in [3.8, 4) is 22.9 Å². The molecule has 0 amide bonds. The van der Waals surface area contributed by atoms with Gasteiger partial charge in [-0.05, 0) is 19.1 Å². The molecule has 23 heavy (non-hydrogen) atoms. The van der Waals surface area contributed by atoms with Crippen molar-refractivity contribution in [3.63, 3.8) is 0 Å². The molecule has 0 saturated heterocycles. The number of nitrogens with one attached hydrogen (secondary N) is 1. The van der Waals surface area contributed by atoms with Gasteiger partial charge in [0.25, 0.3) is 0 Å². The zero-order chi connectivity index (χ0) is 16.4. The number of methoxy groups -OCH3 is 1. The van der Waals surface area contributed by atoms with Gasteiger partial charge in [0.15, 0.2) is 5.65 Å². The fraction of sp³-hybridized carbons (Fsp3) is 0.214. The molecular weight excluding hydrogens is 320 g/mol. The van der Waals surface area contributed by atoms with Crippen molar-refractivity contribution in [3.05, 3.63) is 30.7 Å². The zero-order valence-corrected chi connectivity index (χ0v) is 13.3. The number of benzene rings is 1. The Balaban J connectivity index is 2.02. The van der Waals surface area contributed by atoms with Gasteiger partial charge in [0.05, 0.1) is 24.6 Å². The summed E-state index contributed by atoms with van der Waals surface area (Å²) in [5.41, 5.74) is 1.89. The summed E-state index contributed by atoms with van der Waals surface area (Å²) in [5.74, 6) is 1.05. The van der Waals surface area contributed by atoms with E-state index in [4.69, 9.17) is 8.92 Å². The highest BCUT2D eigenvalue weighted by atomic mass is 32.2. The highest BCUT2D eigenvalue weighted by molar-refractivity contribution is 7.87. The van der Waals surface area contributed by atoms with Gasteiger partial charge in [-0.1, -0.05) is 0 Å². The molecule has 1 N–H and O–H groups in total. The Morgan fingerprint density at radius 3 is 2.83 bits per heavy atom. The van der Waals surface area contributed by atoms with E-state index in [0.717, 1.165) is 0 Å². The molecule has 0 fully saturated rings. The first-order valence-corrected chi connectivity index (χ1v) is 8.36. The molecule has 3 rings (SSSR count). The molecule has 0 atom stereocenters. The van der Waals surface area contributed by atoms with E-state index in [2.05, 4.69) is 19.9 Å². The maximum atomic E-state index is 11.5. The smallest absolute Gasteiger partial charge is 0.308 e. The minimum atomic E-state index is -3.59. The van der Waals surface area contributed by atoms with Crippen LogP contribution in [0.4, 0.5) is 0 Å². The first-order valence-electron chi connectivity index (χ1n) is 6.78. The van der Waals surface area contributed by atoms with Crippen molar-refractivity contribution in [2.45, 2.75) is 6.92 Å². The molecule has 2 heterocycles. The maximum Gasteiger partial charge on any atom is 0.308 e. The number of aromatic nitrogens is 4. The van der Waals surface area contributed by atoms with Crippen molar-refractivity contribution in [2.24, 2.45) is 0 Å². The fourth-order valence-corrected chi connectivity index (χ4v) is 2.53. The summed E-state index contributed by atoms with van der Waals surface area (Å²) < 4.78 is 33.4. The summed E-state index contributed by atoms with van der Waals surface area (Å²) in [4.78, 5) is 15.4. The summed E-state index contributed by atoms with van der Waals surface area (Å²) in [7, 11) is -2.11. The lowest BCUT2D eigenvalue weighted by molar-refractivity contribution is 0.413. The van der Waals surface area contributed by atoms with E-state index in [-0.39, 0.29) is 11.5 Å². The molecule has 0 aliphatic rings. The van der Waals surface area contributed by atoms with Crippen LogP contribution in [0, 0.1) is 0 Å². The Labute approximate surface area is 132 Å². The predicted molar refractivity (Wildman–Crippen MR) is 83.8 cm³/mol. The summed E-state index contributed by atoms with van der Waals surface area (Å²) in [6, 6.07) is 4.72. The van der Waals surface area contributed by atoms with Crippen LogP contribution in [0.25, 0.3) is 22.6 Å². The second-order valence-electron chi connectivity index (χ2n) is 4.64. The van der Waals surface area contributed by atoms with Crippen LogP contribution >= 0.6 is 0 Å². The number of hydrogen-bond donors (Lipinski definition) is 1. The number of nitrogens with zero attached hydrogens (tertiary/aromatic N) is 3. The van der Waals surface area contributed by atoms with Crippen molar-refractivity contribution in [2.75, 3.05) is 12.9 Å². The molecule has 0 aliphatic carbocycles. The molecule has 0 aliphatic heterocycles. The molecule has 8 nitrogen and oxygen atoms in total. The van der Waals surface area contributed by atoms with E-state index >= 15 is 0 Å². The fourth-order valence-electron chi connectivity index (χ4n) is 2.01. The van der Waals surface area contributed by atoms with E-state index < -0.39 is 10.1 Å². The standard InChI is InChI=1S/C14H14N4O4S/c1-3-23(19,20)22-9-4-5-10(12(6-9)21-2)13-17-11-7-15-8-16-14(11)18-13/h4-8H,3H2,1-2H3,(H,15,16,17,18). The van der Waals surface area contributed by atoms with Crippen molar-refractivity contribution in [1.29, 1.82) is 0 Å². The molecule has 2 aromatic heterocycles. The lowest BCUT2D eigenvalue weighted by atomic mass is 10.2. The number of fused-ring (bicyclic) bond motifs is 1. The second kappa shape index (κ2) is 5.84. The highest BCUT2D eigenvalue weighted by Gasteiger charge is 2.15. The number of aromatic amines is 1. The van der Waals surface area contributed by atoms with Crippen LogP contribution < -0.4 is 8.92 Å². The molecule has 1 aromatic carbocycles. The number of hydrogen-bond acceptors (Lipinski definition) is 7. The van der Waals surface area contributed by atoms with Gasteiger partial charge < -0.3 is 13.9 Å². The van der Waals surface area contributed by atoms with Gasteiger partial charge in [-0.3, -0.25) is 0 Å². The highest BCUT2D eigenvalue weighted by Crippen LogP contribution is 2.32. The van der Waals surface area contributed by atoms with Crippen LogP contribution in [0.3, 0.4) is 0 Å². The normalized spacial score (nSPS) is 11.6. The number of H-pyrrole nitrogens is 1. The van der Waals surface area contributed by atoms with E-state index in [1.807, 2.05) is 0 Å². The first-order chi connectivity index (χ1) is 11.0. The number of rotatable bonds is 5. The minimum Gasteiger partial charge on any atom is -0.496 e. The van der Waals surface area contributed by atoms with Gasteiger partial charge in [0, 0.05) is 6.07 Å². The summed E-state index contributed by atoms with van der Waals surface area (Å²) in [6.45, 7) is 1.51. The monoisotopic (exact) mass is 334 g/mol. The minimum absolute atomic E-state index is 0.112. The van der Waals surface area contributed by atoms with Gasteiger partial charge in [0.1, 0.15) is 29.2 Å². The molecule has 0 bridgehead atoms. The topological polar surface area (TPSA) is 107 Å². The van der Waals surface area contributed by atoms with Crippen LogP contribution in [-0.4, -0.2) is 41.2 Å². The van der Waals surface area contributed by atoms with E-state index in [1.54, 1.807) is 18.3 Å². The Hall–Kier alpha value is -2.68. The van der Waals surface area contributed by atoms with Gasteiger partial charge in [-0.15, -0.1) is 0 Å². The Kier molecular flexibility index (Phi) is 3.87. The largest absolute Gasteiger partial charge is 0.496 e. The molecule has 0 saturated carbocycles. The van der Waals surface area contributed by atoms with Crippen LogP contribution in [0.1, 0.15) is 6.92 Å². The van der Waals surface area contributed by atoms with Crippen molar-refractivity contribution in [1.82, 2.24) is 19.9 Å². The predicted octanol–water partition coefficient (Wildman–Crippen LogP) is 1.76. The summed E-state index contributed by atoms with van der Waals surface area (Å²) in [5, 5.41) is 0. The molecule has 3 aromatic rings. The van der Waals surface area contributed by atoms with Crippen LogP contribution in [0.2, 0.25) is 0 Å². The van der Waals surface area contributed by atoms with E-state index in [0.29, 0.717) is 28.3 Å². The average molecular weight is 334 g/mol. The van der Waals surface area contributed by atoms with Crippen molar-refractivity contribution < 1.29 is 17.3 Å². The maximum absolute atomic E-state index is 11.5. The van der Waals surface area contributed by atoms with Gasteiger partial charge in [0.2, 0.25) is 0 Å². The molecule has 120 valence electrons. The molecule has 9 heteroatoms. The van der Waals surface area contributed by atoms with E-state index in [9.17, 15) is 8.42 Å². The molecule has 0 unspecified atom stereocenters. The van der Waals surface area contributed by atoms with Gasteiger partial charge in [-0.2, -0.15) is 8.42 Å². The lowest BCUT2D eigenvalue weighted by Gasteiger charge is -2.09. The molecule has 0 radical (unpaired) electrons. The SMILES string of the molecule is CCS(=O)(=O)Oc1ccc(-c2nc3ncncc3[nH]2)c(OC)c1. The second-order valence-corrected chi connectivity index (χ2v) is 6.50. The Bertz CT molecular complexity index is 919. The number of imidazole rings is 1. The van der Waals surface area contributed by atoms with Crippen LogP contribution in [0.5, 0.6) is 11.5 Å². The quantitative estimate of drug-likeness (QED) is 0.708. The summed E-state index contributed by atoms with van der Waals surface area (Å²) >= 11 is 0. The number of ether oxygens (including phenoxy) is 1. The van der Waals surface area contributed by atoms with E-state index in [1.165, 1.54) is 26.4 Å².